The number of phenols is 1. The molecule has 16 heavy (non-hydrogen) atoms. The van der Waals surface area contributed by atoms with Crippen molar-refractivity contribution in [3.63, 3.8) is 0 Å². The maximum absolute atomic E-state index is 9.35. The summed E-state index contributed by atoms with van der Waals surface area (Å²) in [5, 5.41) is 13.0. The van der Waals surface area contributed by atoms with Crippen molar-refractivity contribution in [1.29, 1.82) is 0 Å². The van der Waals surface area contributed by atoms with Crippen LogP contribution in [0, 0.1) is 0 Å². The smallest absolute Gasteiger partial charge is 0.177 e. The fourth-order valence-electron chi connectivity index (χ4n) is 1.97. The number of fused-ring (bicyclic) bond motifs is 1. The molecular formula is C12H11NO3. The first-order valence-corrected chi connectivity index (χ1v) is 5.22. The summed E-state index contributed by atoms with van der Waals surface area (Å²) in [7, 11) is 0. The van der Waals surface area contributed by atoms with E-state index in [0.29, 0.717) is 0 Å². The Morgan fingerprint density at radius 2 is 2.25 bits per heavy atom. The molecule has 2 heterocycles. The van der Waals surface area contributed by atoms with E-state index in [1.54, 1.807) is 24.4 Å². The lowest BCUT2D eigenvalue weighted by Gasteiger charge is -2.24. The summed E-state index contributed by atoms with van der Waals surface area (Å²) in [5.74, 6) is 1.84. The van der Waals surface area contributed by atoms with Crippen molar-refractivity contribution in [1.82, 2.24) is 5.16 Å². The molecule has 0 amide bonds. The van der Waals surface area contributed by atoms with Crippen LogP contribution in [0.25, 0.3) is 0 Å². The summed E-state index contributed by atoms with van der Waals surface area (Å²) in [6.07, 6.45) is 3.26. The fourth-order valence-corrected chi connectivity index (χ4v) is 1.97. The van der Waals surface area contributed by atoms with Gasteiger partial charge in [0.25, 0.3) is 0 Å². The molecule has 0 saturated heterocycles. The van der Waals surface area contributed by atoms with Gasteiger partial charge in [0.1, 0.15) is 11.5 Å². The molecule has 1 aromatic carbocycles. The number of hydrogen-bond donors (Lipinski definition) is 1. The summed E-state index contributed by atoms with van der Waals surface area (Å²) in [4.78, 5) is 0. The zero-order valence-electron chi connectivity index (χ0n) is 8.59. The summed E-state index contributed by atoms with van der Waals surface area (Å²) < 4.78 is 10.9. The summed E-state index contributed by atoms with van der Waals surface area (Å²) in [6.45, 7) is 0. The number of nitrogens with zero attached hydrogens (tertiary/aromatic N) is 1. The van der Waals surface area contributed by atoms with E-state index in [4.69, 9.17) is 9.26 Å². The Bertz CT molecular complexity index is 493. The minimum Gasteiger partial charge on any atom is -0.508 e. The highest BCUT2D eigenvalue weighted by molar-refractivity contribution is 5.41. The largest absolute Gasteiger partial charge is 0.508 e. The summed E-state index contributed by atoms with van der Waals surface area (Å²) in [6, 6.07) is 6.97. The Morgan fingerprint density at radius 3 is 3.06 bits per heavy atom. The number of phenolic OH excluding ortho intramolecular Hbond substituents is 1. The molecule has 2 aromatic rings. The van der Waals surface area contributed by atoms with Gasteiger partial charge >= 0.3 is 0 Å². The van der Waals surface area contributed by atoms with Crippen LogP contribution in [0.5, 0.6) is 11.5 Å². The van der Waals surface area contributed by atoms with E-state index in [-0.39, 0.29) is 11.9 Å². The normalized spacial score (nSPS) is 18.9. The third-order valence-corrected chi connectivity index (χ3v) is 2.76. The molecule has 4 nitrogen and oxygen atoms in total. The maximum atomic E-state index is 9.35. The number of hydrogen-bond acceptors (Lipinski definition) is 4. The molecule has 1 aliphatic rings. The van der Waals surface area contributed by atoms with E-state index >= 15 is 0 Å². The molecule has 3 rings (SSSR count). The molecule has 1 N–H and O–H groups in total. The van der Waals surface area contributed by atoms with Gasteiger partial charge in [-0.1, -0.05) is 5.16 Å². The van der Waals surface area contributed by atoms with Gasteiger partial charge in [0.2, 0.25) is 0 Å². The molecule has 82 valence electrons. The number of rotatable bonds is 1. The number of aromatic hydroxyl groups is 1. The number of aryl methyl sites for hydroxylation is 1. The van der Waals surface area contributed by atoms with Crippen molar-refractivity contribution in [3.05, 3.63) is 41.8 Å². The second kappa shape index (κ2) is 3.56. The molecule has 0 radical (unpaired) electrons. The lowest BCUT2D eigenvalue weighted by Crippen LogP contribution is -2.14. The molecule has 0 aliphatic carbocycles. The Labute approximate surface area is 92.5 Å². The Kier molecular flexibility index (Phi) is 2.06. The van der Waals surface area contributed by atoms with Crippen molar-refractivity contribution in [3.8, 4) is 11.5 Å². The van der Waals surface area contributed by atoms with Crippen LogP contribution in [0.2, 0.25) is 0 Å². The highest BCUT2D eigenvalue weighted by atomic mass is 16.5. The van der Waals surface area contributed by atoms with Crippen LogP contribution in [0.4, 0.5) is 0 Å². The van der Waals surface area contributed by atoms with Crippen molar-refractivity contribution in [2.24, 2.45) is 0 Å². The lowest BCUT2D eigenvalue weighted by molar-refractivity contribution is 0.140. The molecular weight excluding hydrogens is 206 g/mol. The molecule has 1 unspecified atom stereocenters. The van der Waals surface area contributed by atoms with Crippen LogP contribution in [0.15, 0.2) is 35.0 Å². The van der Waals surface area contributed by atoms with Gasteiger partial charge in [-0.05, 0) is 36.6 Å². The number of benzene rings is 1. The van der Waals surface area contributed by atoms with E-state index in [1.165, 1.54) is 0 Å². The minimum absolute atomic E-state index is 0.0699. The third kappa shape index (κ3) is 1.52. The lowest BCUT2D eigenvalue weighted by atomic mass is 10.0. The second-order valence-electron chi connectivity index (χ2n) is 3.85. The molecule has 4 heteroatoms. The monoisotopic (exact) mass is 217 g/mol. The highest BCUT2D eigenvalue weighted by Crippen LogP contribution is 2.36. The van der Waals surface area contributed by atoms with Crippen molar-refractivity contribution in [2.75, 3.05) is 0 Å². The summed E-state index contributed by atoms with van der Waals surface area (Å²) >= 11 is 0. The SMILES string of the molecule is Oc1ccc2c(c1)CCC(c1ccno1)O2. The minimum atomic E-state index is -0.0699. The molecule has 1 aromatic heterocycles. The third-order valence-electron chi connectivity index (χ3n) is 2.76. The van der Waals surface area contributed by atoms with E-state index in [1.807, 2.05) is 6.07 Å². The Balaban J connectivity index is 1.89. The Hall–Kier alpha value is -1.97. The molecule has 0 bridgehead atoms. The first-order valence-electron chi connectivity index (χ1n) is 5.22. The van der Waals surface area contributed by atoms with Gasteiger partial charge in [-0.2, -0.15) is 0 Å². The molecule has 1 atom stereocenters. The average Bonchev–Trinajstić information content (AvgIpc) is 2.82. The van der Waals surface area contributed by atoms with Gasteiger partial charge in [-0.3, -0.25) is 0 Å². The first-order chi connectivity index (χ1) is 7.83. The molecule has 1 aliphatic heterocycles. The molecule has 0 saturated carbocycles. The van der Waals surface area contributed by atoms with Crippen LogP contribution in [-0.2, 0) is 6.42 Å². The van der Waals surface area contributed by atoms with E-state index in [0.717, 1.165) is 29.9 Å². The standard InChI is InChI=1S/C12H11NO3/c14-9-2-4-10-8(7-9)1-3-11(15-10)12-5-6-13-16-12/h2,4-7,11,14H,1,3H2. The highest BCUT2D eigenvalue weighted by Gasteiger charge is 2.23. The van der Waals surface area contributed by atoms with Gasteiger partial charge in [0.05, 0.1) is 6.20 Å². The average molecular weight is 217 g/mol. The van der Waals surface area contributed by atoms with Crippen LogP contribution in [0.3, 0.4) is 0 Å². The van der Waals surface area contributed by atoms with Gasteiger partial charge in [-0.15, -0.1) is 0 Å². The molecule has 0 spiro atoms. The zero-order chi connectivity index (χ0) is 11.0. The van der Waals surface area contributed by atoms with Gasteiger partial charge < -0.3 is 14.4 Å². The van der Waals surface area contributed by atoms with E-state index < -0.39 is 0 Å². The van der Waals surface area contributed by atoms with Crippen molar-refractivity contribution >= 4 is 0 Å². The number of aromatic nitrogens is 1. The fraction of sp³-hybridized carbons (Fsp3) is 0.250. The maximum Gasteiger partial charge on any atom is 0.177 e. The second-order valence-corrected chi connectivity index (χ2v) is 3.85. The van der Waals surface area contributed by atoms with E-state index in [2.05, 4.69) is 5.16 Å². The molecule has 0 fully saturated rings. The van der Waals surface area contributed by atoms with Gasteiger partial charge in [0.15, 0.2) is 11.9 Å². The van der Waals surface area contributed by atoms with Crippen molar-refractivity contribution in [2.45, 2.75) is 18.9 Å². The van der Waals surface area contributed by atoms with Crippen LogP contribution in [0.1, 0.15) is 23.8 Å². The first kappa shape index (κ1) is 9.27. The summed E-state index contributed by atoms with van der Waals surface area (Å²) in [5.41, 5.74) is 1.04. The topological polar surface area (TPSA) is 55.5 Å². The van der Waals surface area contributed by atoms with Crippen molar-refractivity contribution < 1.29 is 14.4 Å². The van der Waals surface area contributed by atoms with E-state index in [9.17, 15) is 5.11 Å². The van der Waals surface area contributed by atoms with Crippen LogP contribution >= 0.6 is 0 Å². The van der Waals surface area contributed by atoms with Crippen LogP contribution in [-0.4, -0.2) is 10.3 Å². The van der Waals surface area contributed by atoms with Gasteiger partial charge in [-0.25, -0.2) is 0 Å². The van der Waals surface area contributed by atoms with Gasteiger partial charge in [0, 0.05) is 6.07 Å². The Morgan fingerprint density at radius 1 is 1.31 bits per heavy atom. The number of ether oxygens (including phenoxy) is 1. The predicted molar refractivity (Wildman–Crippen MR) is 56.3 cm³/mol. The zero-order valence-corrected chi connectivity index (χ0v) is 8.59. The quantitative estimate of drug-likeness (QED) is 0.797. The predicted octanol–water partition coefficient (Wildman–Crippen LogP) is 2.45. The van der Waals surface area contributed by atoms with Crippen LogP contribution < -0.4 is 4.74 Å².